The highest BCUT2D eigenvalue weighted by Gasteiger charge is 1.96. The third kappa shape index (κ3) is 16.3. The minimum atomic E-state index is -0.00378. The average Bonchev–Trinajstić information content (AvgIpc) is 2.49. The summed E-state index contributed by atoms with van der Waals surface area (Å²) in [5.74, 6) is 6.66. The number of unbranched alkanes of at least 4 members (excludes halogenated alkanes) is 4. The lowest BCUT2D eigenvalue weighted by atomic mass is 10.2. The van der Waals surface area contributed by atoms with Crippen LogP contribution in [0, 0.1) is 17.8 Å². The molecule has 0 radical (unpaired) electrons. The predicted octanol–water partition coefficient (Wildman–Crippen LogP) is 4.79. The van der Waals surface area contributed by atoms with Gasteiger partial charge in [-0.25, -0.2) is 0 Å². The zero-order chi connectivity index (χ0) is 16.5. The van der Waals surface area contributed by atoms with Gasteiger partial charge < -0.3 is 5.32 Å². The summed E-state index contributed by atoms with van der Waals surface area (Å²) >= 11 is 0. The SMILES string of the molecule is CCCCCC#CC=CC=CCCC=CC(=O)NCC(C)C. The number of allylic oxidation sites excluding steroid dienone is 5. The summed E-state index contributed by atoms with van der Waals surface area (Å²) < 4.78 is 0. The molecule has 0 heterocycles. The molecule has 0 atom stereocenters. The molecule has 0 aliphatic heterocycles. The van der Waals surface area contributed by atoms with E-state index in [-0.39, 0.29) is 5.91 Å². The lowest BCUT2D eigenvalue weighted by Gasteiger charge is -2.03. The minimum absolute atomic E-state index is 0.00378. The van der Waals surface area contributed by atoms with Gasteiger partial charge >= 0.3 is 0 Å². The second kappa shape index (κ2) is 15.6. The van der Waals surface area contributed by atoms with Crippen LogP contribution in [-0.4, -0.2) is 12.5 Å². The summed E-state index contributed by atoms with van der Waals surface area (Å²) in [6, 6.07) is 0. The van der Waals surface area contributed by atoms with E-state index < -0.39 is 0 Å². The number of carbonyl (C=O) groups excluding carboxylic acids is 1. The first-order chi connectivity index (χ1) is 10.7. The molecule has 0 fully saturated rings. The summed E-state index contributed by atoms with van der Waals surface area (Å²) in [7, 11) is 0. The van der Waals surface area contributed by atoms with Crippen molar-refractivity contribution in [2.75, 3.05) is 6.54 Å². The second-order valence-electron chi connectivity index (χ2n) is 5.68. The van der Waals surface area contributed by atoms with Gasteiger partial charge in [-0.2, -0.15) is 0 Å². The van der Waals surface area contributed by atoms with E-state index in [1.54, 1.807) is 6.08 Å². The van der Waals surface area contributed by atoms with Crippen molar-refractivity contribution in [3.05, 3.63) is 36.5 Å². The molecule has 0 aliphatic rings. The van der Waals surface area contributed by atoms with Crippen molar-refractivity contribution < 1.29 is 4.79 Å². The third-order valence-electron chi connectivity index (χ3n) is 2.89. The minimum Gasteiger partial charge on any atom is -0.352 e. The fraction of sp³-hybridized carbons (Fsp3) is 0.550. The highest BCUT2D eigenvalue weighted by Crippen LogP contribution is 1.97. The number of amides is 1. The fourth-order valence-corrected chi connectivity index (χ4v) is 1.62. The molecule has 2 heteroatoms. The summed E-state index contributed by atoms with van der Waals surface area (Å²) in [6.45, 7) is 7.09. The van der Waals surface area contributed by atoms with Crippen LogP contribution in [0.25, 0.3) is 0 Å². The molecule has 122 valence electrons. The van der Waals surface area contributed by atoms with Gasteiger partial charge in [0.1, 0.15) is 0 Å². The van der Waals surface area contributed by atoms with Gasteiger partial charge in [0.25, 0.3) is 0 Å². The van der Waals surface area contributed by atoms with Crippen molar-refractivity contribution in [2.45, 2.75) is 59.3 Å². The van der Waals surface area contributed by atoms with Crippen LogP contribution in [0.15, 0.2) is 36.5 Å². The Morgan fingerprint density at radius 3 is 2.64 bits per heavy atom. The van der Waals surface area contributed by atoms with Crippen LogP contribution in [-0.2, 0) is 4.79 Å². The maximum absolute atomic E-state index is 11.4. The highest BCUT2D eigenvalue weighted by molar-refractivity contribution is 5.87. The molecule has 0 aromatic carbocycles. The Hall–Kier alpha value is -1.75. The van der Waals surface area contributed by atoms with Crippen LogP contribution in [0.2, 0.25) is 0 Å². The number of rotatable bonds is 10. The fourth-order valence-electron chi connectivity index (χ4n) is 1.62. The summed E-state index contributed by atoms with van der Waals surface area (Å²) in [5.41, 5.74) is 0. The molecule has 0 bridgehead atoms. The van der Waals surface area contributed by atoms with Gasteiger partial charge in [0.05, 0.1) is 0 Å². The number of carbonyl (C=O) groups is 1. The van der Waals surface area contributed by atoms with Gasteiger partial charge in [-0.1, -0.05) is 69.8 Å². The molecule has 22 heavy (non-hydrogen) atoms. The first-order valence-electron chi connectivity index (χ1n) is 8.41. The number of nitrogens with one attached hydrogen (secondary N) is 1. The lowest BCUT2D eigenvalue weighted by molar-refractivity contribution is -0.116. The zero-order valence-electron chi connectivity index (χ0n) is 14.4. The van der Waals surface area contributed by atoms with Gasteiger partial charge in [-0.3, -0.25) is 4.79 Å². The standard InChI is InChI=1S/C20H31NO/c1-4-5-6-7-8-9-10-11-12-13-14-15-16-17-20(22)21-18-19(2)3/h10-13,16-17,19H,4-7,14-15,18H2,1-3H3,(H,21,22). The van der Waals surface area contributed by atoms with E-state index in [1.807, 2.05) is 24.3 Å². The molecule has 1 N–H and O–H groups in total. The molecule has 1 amide bonds. The first kappa shape index (κ1) is 20.2. The monoisotopic (exact) mass is 301 g/mol. The van der Waals surface area contributed by atoms with Gasteiger partial charge in [0.2, 0.25) is 5.91 Å². The van der Waals surface area contributed by atoms with E-state index in [0.29, 0.717) is 5.92 Å². The molecule has 0 aromatic rings. The lowest BCUT2D eigenvalue weighted by Crippen LogP contribution is -2.25. The van der Waals surface area contributed by atoms with Crippen molar-refractivity contribution in [1.29, 1.82) is 0 Å². The van der Waals surface area contributed by atoms with Crippen LogP contribution in [0.4, 0.5) is 0 Å². The summed E-state index contributed by atoms with van der Waals surface area (Å²) in [4.78, 5) is 11.4. The van der Waals surface area contributed by atoms with E-state index in [9.17, 15) is 4.79 Å². The molecule has 0 aliphatic carbocycles. The largest absolute Gasteiger partial charge is 0.352 e. The molecule has 0 saturated heterocycles. The maximum Gasteiger partial charge on any atom is 0.243 e. The van der Waals surface area contributed by atoms with E-state index in [2.05, 4.69) is 44.0 Å². The quantitative estimate of drug-likeness (QED) is 0.267. The molecule has 0 spiro atoms. The van der Waals surface area contributed by atoms with Crippen LogP contribution < -0.4 is 5.32 Å². The van der Waals surface area contributed by atoms with Crippen molar-refractivity contribution in [3.8, 4) is 11.8 Å². The van der Waals surface area contributed by atoms with Crippen molar-refractivity contribution in [1.82, 2.24) is 5.32 Å². The predicted molar refractivity (Wildman–Crippen MR) is 96.4 cm³/mol. The van der Waals surface area contributed by atoms with Crippen LogP contribution in [0.3, 0.4) is 0 Å². The molecular weight excluding hydrogens is 270 g/mol. The maximum atomic E-state index is 11.4. The highest BCUT2D eigenvalue weighted by atomic mass is 16.1. The van der Waals surface area contributed by atoms with Crippen molar-refractivity contribution in [2.24, 2.45) is 5.92 Å². The second-order valence-corrected chi connectivity index (χ2v) is 5.68. The van der Waals surface area contributed by atoms with Crippen molar-refractivity contribution >= 4 is 5.91 Å². The normalized spacial score (nSPS) is 11.5. The Morgan fingerprint density at radius 2 is 1.91 bits per heavy atom. The summed E-state index contributed by atoms with van der Waals surface area (Å²) in [6.07, 6.45) is 18.0. The Morgan fingerprint density at radius 1 is 1.14 bits per heavy atom. The van der Waals surface area contributed by atoms with Gasteiger partial charge in [-0.15, -0.1) is 0 Å². The van der Waals surface area contributed by atoms with Crippen LogP contribution in [0.1, 0.15) is 59.3 Å². The number of hydrogen-bond donors (Lipinski definition) is 1. The van der Waals surface area contributed by atoms with E-state index in [1.165, 1.54) is 19.3 Å². The Labute approximate surface area is 136 Å². The molecule has 0 unspecified atom stereocenters. The van der Waals surface area contributed by atoms with Gasteiger partial charge in [0, 0.05) is 13.0 Å². The zero-order valence-corrected chi connectivity index (χ0v) is 14.4. The van der Waals surface area contributed by atoms with Gasteiger partial charge in [0.15, 0.2) is 0 Å². The van der Waals surface area contributed by atoms with Crippen LogP contribution in [0.5, 0.6) is 0 Å². The van der Waals surface area contributed by atoms with Gasteiger partial charge in [-0.05, 0) is 37.3 Å². The smallest absolute Gasteiger partial charge is 0.243 e. The molecule has 0 aromatic heterocycles. The molecule has 0 saturated carbocycles. The van der Waals surface area contributed by atoms with Crippen molar-refractivity contribution in [3.63, 3.8) is 0 Å². The Balaban J connectivity index is 3.63. The molecular formula is C20H31NO. The molecule has 2 nitrogen and oxygen atoms in total. The molecule has 0 rings (SSSR count). The Bertz CT molecular complexity index is 419. The number of hydrogen-bond acceptors (Lipinski definition) is 1. The van der Waals surface area contributed by atoms with E-state index >= 15 is 0 Å². The average molecular weight is 301 g/mol. The van der Waals surface area contributed by atoms with E-state index in [0.717, 1.165) is 25.8 Å². The van der Waals surface area contributed by atoms with Crippen LogP contribution >= 0.6 is 0 Å². The first-order valence-corrected chi connectivity index (χ1v) is 8.41. The third-order valence-corrected chi connectivity index (χ3v) is 2.89. The van der Waals surface area contributed by atoms with E-state index in [4.69, 9.17) is 0 Å². The Kier molecular flexibility index (Phi) is 14.4. The summed E-state index contributed by atoms with van der Waals surface area (Å²) in [5, 5.41) is 2.86. The topological polar surface area (TPSA) is 29.1 Å².